The molecule has 0 bridgehead atoms. The van der Waals surface area contributed by atoms with Gasteiger partial charge in [0.1, 0.15) is 11.2 Å². The average molecular weight is 1270 g/mol. The van der Waals surface area contributed by atoms with Gasteiger partial charge in [0, 0.05) is 51.9 Å². The number of para-hydroxylation sites is 6. The molecule has 18 aromatic rings. The number of hydrogen-bond donors (Lipinski definition) is 0. The lowest BCUT2D eigenvalue weighted by molar-refractivity contribution is 0.669. The molecule has 0 aliphatic carbocycles. The number of hydrogen-bond acceptors (Lipinski definition) is 3. The molecule has 2 unspecified atom stereocenters. The van der Waals surface area contributed by atoms with Gasteiger partial charge in [-0.05, 0) is 185 Å². The summed E-state index contributed by atoms with van der Waals surface area (Å²) in [6, 6.07) is 124. The van der Waals surface area contributed by atoms with Crippen LogP contribution >= 0.6 is 23.5 Å². The monoisotopic (exact) mass is 1270 g/mol. The first kappa shape index (κ1) is 53.7. The van der Waals surface area contributed by atoms with E-state index in [0.717, 1.165) is 21.9 Å². The third-order valence-corrected chi connectivity index (χ3v) is 24.2. The SMILES string of the molecule is c1ccc(-c2ccc(-c3ccc(-c4cc(-c5ccc6c(c5)c5cccc7c5n6-c5ccccc5C75c6ccccc6Sc6ccc(-c7ccc8oc9ccccc9c8c7)cc65)c5c(c4)C4(c6ccccc6S5)c5ccccc5-n5c6ccccc6c6cccc4c65)cc3)cc2)cc1. The summed E-state index contributed by atoms with van der Waals surface area (Å²) in [6.45, 7) is 0. The van der Waals surface area contributed by atoms with Crippen LogP contribution in [0.4, 0.5) is 0 Å². The van der Waals surface area contributed by atoms with Crippen molar-refractivity contribution >= 4 is 89.1 Å². The Hall–Kier alpha value is -11.6. The zero-order valence-corrected chi connectivity index (χ0v) is 53.9. The Morgan fingerprint density at radius 1 is 0.237 bits per heavy atom. The van der Waals surface area contributed by atoms with Crippen molar-refractivity contribution in [2.24, 2.45) is 0 Å². The molecule has 4 aliphatic rings. The minimum absolute atomic E-state index is 0.652. The van der Waals surface area contributed by atoms with Crippen molar-refractivity contribution in [3.8, 4) is 67.0 Å². The zero-order valence-electron chi connectivity index (χ0n) is 52.3. The molecule has 97 heavy (non-hydrogen) atoms. The van der Waals surface area contributed by atoms with Crippen LogP contribution in [-0.4, -0.2) is 9.13 Å². The minimum Gasteiger partial charge on any atom is -0.456 e. The highest BCUT2D eigenvalue weighted by Gasteiger charge is 2.52. The summed E-state index contributed by atoms with van der Waals surface area (Å²) in [5, 5.41) is 7.26. The van der Waals surface area contributed by atoms with Crippen LogP contribution in [0.25, 0.3) is 133 Å². The zero-order chi connectivity index (χ0) is 63.2. The van der Waals surface area contributed by atoms with E-state index >= 15 is 0 Å². The molecule has 0 radical (unpaired) electrons. The van der Waals surface area contributed by atoms with Crippen molar-refractivity contribution < 1.29 is 4.42 Å². The highest BCUT2D eigenvalue weighted by atomic mass is 32.2. The van der Waals surface area contributed by atoms with Gasteiger partial charge in [-0.2, -0.15) is 0 Å². The Kier molecular flexibility index (Phi) is 11.1. The fourth-order valence-electron chi connectivity index (χ4n) is 17.8. The maximum atomic E-state index is 6.37. The summed E-state index contributed by atoms with van der Waals surface area (Å²) < 4.78 is 11.5. The van der Waals surface area contributed by atoms with E-state index in [0.29, 0.717) is 0 Å². The normalized spacial score (nSPS) is 16.0. The van der Waals surface area contributed by atoms with E-state index in [2.05, 4.69) is 331 Å². The molecule has 7 heterocycles. The average Bonchev–Trinajstić information content (AvgIpc) is 1.67. The lowest BCUT2D eigenvalue weighted by Gasteiger charge is -2.46. The lowest BCUT2D eigenvalue weighted by Crippen LogP contribution is -2.38. The summed E-state index contributed by atoms with van der Waals surface area (Å²) in [7, 11) is 0. The van der Waals surface area contributed by atoms with Gasteiger partial charge in [-0.1, -0.05) is 266 Å². The first-order valence-corrected chi connectivity index (χ1v) is 35.1. The smallest absolute Gasteiger partial charge is 0.135 e. The Morgan fingerprint density at radius 2 is 0.680 bits per heavy atom. The van der Waals surface area contributed by atoms with Gasteiger partial charge in [-0.25, -0.2) is 0 Å². The predicted molar refractivity (Wildman–Crippen MR) is 402 cm³/mol. The Balaban J connectivity index is 0.787. The van der Waals surface area contributed by atoms with Gasteiger partial charge in [0.15, 0.2) is 0 Å². The third-order valence-electron chi connectivity index (χ3n) is 21.8. The van der Waals surface area contributed by atoms with Crippen molar-refractivity contribution in [1.82, 2.24) is 9.13 Å². The largest absolute Gasteiger partial charge is 0.456 e. The van der Waals surface area contributed by atoms with E-state index in [-0.39, 0.29) is 0 Å². The van der Waals surface area contributed by atoms with Crippen LogP contribution in [0.5, 0.6) is 0 Å². The molecule has 450 valence electrons. The number of fused-ring (bicyclic) bond motifs is 25. The Labute approximate surface area is 568 Å². The fraction of sp³-hybridized carbons (Fsp3) is 0.0217. The number of aromatic nitrogens is 2. The fourth-order valence-corrected chi connectivity index (χ4v) is 20.2. The van der Waals surface area contributed by atoms with Crippen LogP contribution < -0.4 is 0 Å². The van der Waals surface area contributed by atoms with Crippen molar-refractivity contribution in [2.45, 2.75) is 30.4 Å². The first-order chi connectivity index (χ1) is 48.1. The third kappa shape index (κ3) is 7.24. The summed E-state index contributed by atoms with van der Waals surface area (Å²) >= 11 is 3.82. The van der Waals surface area contributed by atoms with Gasteiger partial charge in [0.25, 0.3) is 0 Å². The van der Waals surface area contributed by atoms with Crippen LogP contribution in [0.2, 0.25) is 0 Å². The van der Waals surface area contributed by atoms with Crippen LogP contribution in [0, 0.1) is 0 Å². The Morgan fingerprint density at radius 3 is 1.37 bits per heavy atom. The topological polar surface area (TPSA) is 23.0 Å². The second kappa shape index (κ2) is 20.0. The molecular formula is C92H54N2OS2. The van der Waals surface area contributed by atoms with Crippen LogP contribution in [0.1, 0.15) is 44.5 Å². The summed E-state index contributed by atoms with van der Waals surface area (Å²) in [4.78, 5) is 5.08. The number of nitrogens with zero attached hydrogens (tertiary/aromatic N) is 2. The molecule has 2 atom stereocenters. The predicted octanol–water partition coefficient (Wildman–Crippen LogP) is 24.4. The van der Waals surface area contributed by atoms with E-state index in [4.69, 9.17) is 4.42 Å². The molecule has 0 N–H and O–H groups in total. The van der Waals surface area contributed by atoms with E-state index in [9.17, 15) is 0 Å². The molecule has 0 saturated carbocycles. The van der Waals surface area contributed by atoms with Crippen LogP contribution in [0.15, 0.2) is 352 Å². The molecule has 3 aromatic heterocycles. The highest BCUT2D eigenvalue weighted by Crippen LogP contribution is 2.65. The van der Waals surface area contributed by atoms with Gasteiger partial charge in [-0.15, -0.1) is 0 Å². The van der Waals surface area contributed by atoms with E-state index in [1.807, 2.05) is 29.6 Å². The second-order valence-electron chi connectivity index (χ2n) is 26.5. The Bertz CT molecular complexity index is 6450. The van der Waals surface area contributed by atoms with Gasteiger partial charge in [-0.3, -0.25) is 0 Å². The standard InChI is InChI=1S/C92H54N2OS2/c1-2-18-55(19-3-1)56-36-38-57(39-37-56)58-40-42-59(43-41-58)63-52-68(90-78(54-63)92(74-27-9-15-35-86(74)97-90)72-25-7-12-32-82(72)93-79-30-10-4-20-64(79)66-22-16-29-76(92)88(66)93)62-44-47-80-69(51-62)67-23-17-28-75-89(67)94(80)81-31-11-6-24-71(81)91(75)73-26-8-14-34-85(73)96-87-49-46-61(53-77(87)91)60-45-48-84-70(50-60)65-21-5-13-33-83(65)95-84/h1-54H. The number of benzene rings is 15. The quantitative estimate of drug-likeness (QED) is 0.172. The van der Waals surface area contributed by atoms with E-state index in [1.165, 1.54) is 175 Å². The van der Waals surface area contributed by atoms with E-state index < -0.39 is 10.8 Å². The lowest BCUT2D eigenvalue weighted by atomic mass is 9.62. The van der Waals surface area contributed by atoms with Gasteiger partial charge >= 0.3 is 0 Å². The molecule has 0 amide bonds. The molecule has 5 heteroatoms. The van der Waals surface area contributed by atoms with Gasteiger partial charge in [0.2, 0.25) is 0 Å². The molecule has 2 spiro atoms. The molecule has 3 nitrogen and oxygen atoms in total. The summed E-state index contributed by atoms with van der Waals surface area (Å²) in [5.41, 5.74) is 30.1. The second-order valence-corrected chi connectivity index (χ2v) is 28.6. The summed E-state index contributed by atoms with van der Waals surface area (Å²) in [5.74, 6) is 0. The van der Waals surface area contributed by atoms with E-state index in [1.54, 1.807) is 0 Å². The molecule has 15 aromatic carbocycles. The molecule has 0 fully saturated rings. The number of furan rings is 1. The van der Waals surface area contributed by atoms with Crippen molar-refractivity contribution in [3.05, 3.63) is 372 Å². The molecular weight excluding hydrogens is 1210 g/mol. The first-order valence-electron chi connectivity index (χ1n) is 33.4. The van der Waals surface area contributed by atoms with Crippen LogP contribution in [0.3, 0.4) is 0 Å². The minimum atomic E-state index is -0.695. The maximum absolute atomic E-state index is 6.37. The maximum Gasteiger partial charge on any atom is 0.135 e. The van der Waals surface area contributed by atoms with Crippen molar-refractivity contribution in [3.63, 3.8) is 0 Å². The number of rotatable bonds is 5. The van der Waals surface area contributed by atoms with Gasteiger partial charge in [0.05, 0.1) is 44.3 Å². The van der Waals surface area contributed by atoms with Crippen molar-refractivity contribution in [2.75, 3.05) is 0 Å². The molecule has 0 saturated heterocycles. The van der Waals surface area contributed by atoms with Gasteiger partial charge < -0.3 is 13.6 Å². The molecule has 22 rings (SSSR count). The van der Waals surface area contributed by atoms with Crippen molar-refractivity contribution in [1.29, 1.82) is 0 Å². The molecule has 4 aliphatic heterocycles. The summed E-state index contributed by atoms with van der Waals surface area (Å²) in [6.07, 6.45) is 0. The van der Waals surface area contributed by atoms with Crippen LogP contribution in [-0.2, 0) is 10.8 Å². The highest BCUT2D eigenvalue weighted by molar-refractivity contribution is 8.00.